The van der Waals surface area contributed by atoms with E-state index in [-0.39, 0.29) is 18.3 Å². The van der Waals surface area contributed by atoms with E-state index in [2.05, 4.69) is 5.43 Å². The predicted molar refractivity (Wildman–Crippen MR) is 110 cm³/mol. The quantitative estimate of drug-likeness (QED) is 0.465. The number of rotatable bonds is 8. The fraction of sp³-hybridized carbons (Fsp3) is 0.130. The van der Waals surface area contributed by atoms with Crippen molar-refractivity contribution in [2.45, 2.75) is 13.3 Å². The van der Waals surface area contributed by atoms with Crippen molar-refractivity contribution in [2.75, 3.05) is 11.6 Å². The number of para-hydroxylation sites is 2. The number of amides is 1. The lowest BCUT2D eigenvalue weighted by molar-refractivity contribution is -0.123. The number of carbonyl (C=O) groups is 2. The molecule has 3 aromatic carbocycles. The molecule has 5 heteroatoms. The fourth-order valence-electron chi connectivity index (χ4n) is 2.68. The van der Waals surface area contributed by atoms with Crippen LogP contribution in [0.3, 0.4) is 0 Å². The molecule has 28 heavy (non-hydrogen) atoms. The number of hydrogen-bond acceptors (Lipinski definition) is 4. The molecule has 0 aromatic heterocycles. The molecule has 1 N–H and O–H groups in total. The van der Waals surface area contributed by atoms with Gasteiger partial charge in [0.25, 0.3) is 5.91 Å². The third-order valence-electron chi connectivity index (χ3n) is 4.13. The standard InChI is InChI=1S/C23H22N2O3/c1-2-22(26)18-13-15-21(16-14-18)28-17-23(27)24-25(19-9-5-3-6-10-19)20-11-7-4-8-12-20/h3-16H,2,17H2,1H3,(H,24,27). The maximum atomic E-state index is 12.5. The second-order valence-electron chi connectivity index (χ2n) is 6.13. The van der Waals surface area contributed by atoms with Crippen LogP contribution in [0.4, 0.5) is 11.4 Å². The van der Waals surface area contributed by atoms with Crippen molar-refractivity contribution < 1.29 is 14.3 Å². The van der Waals surface area contributed by atoms with Crippen molar-refractivity contribution in [3.63, 3.8) is 0 Å². The number of nitrogens with zero attached hydrogens (tertiary/aromatic N) is 1. The Morgan fingerprint density at radius 2 is 1.36 bits per heavy atom. The van der Waals surface area contributed by atoms with Gasteiger partial charge in [0.05, 0.1) is 11.4 Å². The first-order valence-corrected chi connectivity index (χ1v) is 9.13. The first kappa shape index (κ1) is 19.2. The number of ether oxygens (including phenoxy) is 1. The van der Waals surface area contributed by atoms with E-state index in [1.807, 2.05) is 67.6 Å². The molecule has 0 aliphatic heterocycles. The average Bonchev–Trinajstić information content (AvgIpc) is 2.77. The molecule has 142 valence electrons. The summed E-state index contributed by atoms with van der Waals surface area (Å²) < 4.78 is 5.56. The van der Waals surface area contributed by atoms with Gasteiger partial charge in [-0.15, -0.1) is 0 Å². The number of Topliss-reactive ketones (excluding diaryl/α,β-unsaturated/α-hetero) is 1. The molecule has 0 saturated heterocycles. The summed E-state index contributed by atoms with van der Waals surface area (Å²) in [7, 11) is 0. The third-order valence-corrected chi connectivity index (χ3v) is 4.13. The number of carbonyl (C=O) groups excluding carboxylic acids is 2. The van der Waals surface area contributed by atoms with Crippen LogP contribution in [0, 0.1) is 0 Å². The van der Waals surface area contributed by atoms with Crippen LogP contribution in [0.1, 0.15) is 23.7 Å². The number of nitrogens with one attached hydrogen (secondary N) is 1. The molecule has 0 saturated carbocycles. The highest BCUT2D eigenvalue weighted by molar-refractivity contribution is 5.95. The van der Waals surface area contributed by atoms with Crippen molar-refractivity contribution in [1.29, 1.82) is 0 Å². The van der Waals surface area contributed by atoms with Crippen LogP contribution in [0.2, 0.25) is 0 Å². The van der Waals surface area contributed by atoms with Gasteiger partial charge in [0.2, 0.25) is 0 Å². The molecular formula is C23H22N2O3. The van der Waals surface area contributed by atoms with Crippen LogP contribution < -0.4 is 15.2 Å². The van der Waals surface area contributed by atoms with Gasteiger partial charge < -0.3 is 4.74 Å². The minimum Gasteiger partial charge on any atom is -0.484 e. The zero-order chi connectivity index (χ0) is 19.8. The molecule has 0 heterocycles. The van der Waals surface area contributed by atoms with Gasteiger partial charge in [0.15, 0.2) is 12.4 Å². The number of benzene rings is 3. The lowest BCUT2D eigenvalue weighted by Gasteiger charge is -2.25. The van der Waals surface area contributed by atoms with Crippen LogP contribution >= 0.6 is 0 Å². The minimum atomic E-state index is -0.290. The number of ketones is 1. The highest BCUT2D eigenvalue weighted by Crippen LogP contribution is 2.22. The van der Waals surface area contributed by atoms with Crippen molar-refractivity contribution in [3.8, 4) is 5.75 Å². The lowest BCUT2D eigenvalue weighted by atomic mass is 10.1. The Morgan fingerprint density at radius 3 is 1.86 bits per heavy atom. The van der Waals surface area contributed by atoms with E-state index in [1.165, 1.54) is 0 Å². The molecule has 3 rings (SSSR count). The lowest BCUT2D eigenvalue weighted by Crippen LogP contribution is -2.41. The van der Waals surface area contributed by atoms with E-state index in [4.69, 9.17) is 4.74 Å². The molecule has 0 bridgehead atoms. The SMILES string of the molecule is CCC(=O)c1ccc(OCC(=O)NN(c2ccccc2)c2ccccc2)cc1. The highest BCUT2D eigenvalue weighted by Gasteiger charge is 2.13. The zero-order valence-corrected chi connectivity index (χ0v) is 15.7. The summed E-state index contributed by atoms with van der Waals surface area (Å²) in [6.07, 6.45) is 0.456. The molecule has 0 unspecified atom stereocenters. The summed E-state index contributed by atoms with van der Waals surface area (Å²) in [5, 5.41) is 1.72. The molecule has 0 aliphatic carbocycles. The van der Waals surface area contributed by atoms with Crippen molar-refractivity contribution in [2.24, 2.45) is 0 Å². The smallest absolute Gasteiger partial charge is 0.276 e. The van der Waals surface area contributed by atoms with Gasteiger partial charge in [-0.25, -0.2) is 0 Å². The Morgan fingerprint density at radius 1 is 0.821 bits per heavy atom. The number of hydrogen-bond donors (Lipinski definition) is 1. The Hall–Kier alpha value is -3.60. The number of hydrazine groups is 1. The summed E-state index contributed by atoms with van der Waals surface area (Å²) in [6, 6.07) is 25.9. The van der Waals surface area contributed by atoms with Crippen molar-refractivity contribution >= 4 is 23.1 Å². The molecule has 3 aromatic rings. The van der Waals surface area contributed by atoms with Crippen molar-refractivity contribution in [3.05, 3.63) is 90.5 Å². The second kappa shape index (κ2) is 9.37. The second-order valence-corrected chi connectivity index (χ2v) is 6.13. The van der Waals surface area contributed by atoms with Gasteiger partial charge in [-0.05, 0) is 48.5 Å². The van der Waals surface area contributed by atoms with E-state index in [1.54, 1.807) is 29.3 Å². The van der Waals surface area contributed by atoms with Gasteiger partial charge >= 0.3 is 0 Å². The first-order chi connectivity index (χ1) is 13.7. The van der Waals surface area contributed by atoms with Crippen LogP contribution in [0.15, 0.2) is 84.9 Å². The summed E-state index contributed by atoms with van der Waals surface area (Å²) in [5.74, 6) is 0.320. The summed E-state index contributed by atoms with van der Waals surface area (Å²) >= 11 is 0. The Kier molecular flexibility index (Phi) is 6.41. The van der Waals surface area contributed by atoms with Gasteiger partial charge in [0.1, 0.15) is 5.75 Å². The third kappa shape index (κ3) is 4.98. The normalized spacial score (nSPS) is 10.2. The van der Waals surface area contributed by atoms with Gasteiger partial charge in [-0.3, -0.25) is 20.0 Å². The van der Waals surface area contributed by atoms with E-state index in [0.717, 1.165) is 11.4 Å². The van der Waals surface area contributed by atoms with E-state index in [0.29, 0.717) is 17.7 Å². The van der Waals surface area contributed by atoms with Gasteiger partial charge in [-0.1, -0.05) is 43.3 Å². The first-order valence-electron chi connectivity index (χ1n) is 9.13. The Bertz CT molecular complexity index is 870. The molecule has 0 fully saturated rings. The van der Waals surface area contributed by atoms with E-state index >= 15 is 0 Å². The van der Waals surface area contributed by atoms with Gasteiger partial charge in [0, 0.05) is 12.0 Å². The monoisotopic (exact) mass is 374 g/mol. The van der Waals surface area contributed by atoms with E-state index < -0.39 is 0 Å². The minimum absolute atomic E-state index is 0.0747. The molecule has 0 spiro atoms. The van der Waals surface area contributed by atoms with Crippen LogP contribution in [-0.4, -0.2) is 18.3 Å². The van der Waals surface area contributed by atoms with Crippen LogP contribution in [0.25, 0.3) is 0 Å². The maximum absolute atomic E-state index is 12.5. The molecule has 0 aliphatic rings. The summed E-state index contributed by atoms with van der Waals surface area (Å²) in [6.45, 7) is 1.68. The highest BCUT2D eigenvalue weighted by atomic mass is 16.5. The maximum Gasteiger partial charge on any atom is 0.276 e. The summed E-state index contributed by atoms with van der Waals surface area (Å²) in [4.78, 5) is 24.1. The predicted octanol–water partition coefficient (Wildman–Crippen LogP) is 4.53. The van der Waals surface area contributed by atoms with Crippen molar-refractivity contribution in [1.82, 2.24) is 5.43 Å². The molecular weight excluding hydrogens is 352 g/mol. The molecule has 1 amide bonds. The molecule has 5 nitrogen and oxygen atoms in total. The zero-order valence-electron chi connectivity index (χ0n) is 15.7. The average molecular weight is 374 g/mol. The fourth-order valence-corrected chi connectivity index (χ4v) is 2.68. The number of anilines is 2. The summed E-state index contributed by atoms with van der Waals surface area (Å²) in [5.41, 5.74) is 5.19. The van der Waals surface area contributed by atoms with Crippen LogP contribution in [-0.2, 0) is 4.79 Å². The Balaban J connectivity index is 1.65. The van der Waals surface area contributed by atoms with E-state index in [9.17, 15) is 9.59 Å². The van der Waals surface area contributed by atoms with Gasteiger partial charge in [-0.2, -0.15) is 0 Å². The molecule has 0 radical (unpaired) electrons. The molecule has 0 atom stereocenters. The largest absolute Gasteiger partial charge is 0.484 e. The van der Waals surface area contributed by atoms with Crippen LogP contribution in [0.5, 0.6) is 5.75 Å². The Labute approximate surface area is 164 Å². The topological polar surface area (TPSA) is 58.6 Å².